The van der Waals surface area contributed by atoms with Crippen molar-refractivity contribution in [2.24, 2.45) is 4.99 Å². The lowest BCUT2D eigenvalue weighted by Gasteiger charge is -2.24. The van der Waals surface area contributed by atoms with E-state index in [1.54, 1.807) is 46.6 Å². The van der Waals surface area contributed by atoms with E-state index in [1.165, 1.54) is 0 Å². The summed E-state index contributed by atoms with van der Waals surface area (Å²) in [7, 11) is 8.37. The number of methoxy groups -OCH3 is 4. The van der Waals surface area contributed by atoms with Crippen molar-refractivity contribution in [1.29, 1.82) is 0 Å². The molecular formula is C24H36IN3O5. The van der Waals surface area contributed by atoms with Gasteiger partial charge in [0.05, 0.1) is 41.1 Å². The first-order chi connectivity index (χ1) is 15.4. The minimum Gasteiger partial charge on any atom is -0.497 e. The third kappa shape index (κ3) is 7.85. The number of nitrogens with one attached hydrogen (secondary N) is 1. The normalized spacial score (nSPS) is 11.8. The molecule has 0 amide bonds. The number of aliphatic hydroxyl groups excluding tert-OH is 1. The number of halogens is 1. The zero-order valence-corrected chi connectivity index (χ0v) is 22.8. The highest BCUT2D eigenvalue weighted by molar-refractivity contribution is 14.0. The van der Waals surface area contributed by atoms with Crippen LogP contribution >= 0.6 is 24.0 Å². The molecule has 8 nitrogen and oxygen atoms in total. The second kappa shape index (κ2) is 14.0. The largest absolute Gasteiger partial charge is 0.497 e. The van der Waals surface area contributed by atoms with E-state index < -0.39 is 6.10 Å². The Labute approximate surface area is 213 Å². The molecule has 0 fully saturated rings. The first-order valence-electron chi connectivity index (χ1n) is 10.5. The van der Waals surface area contributed by atoms with Gasteiger partial charge in [0.1, 0.15) is 11.5 Å². The van der Waals surface area contributed by atoms with Crippen LogP contribution in [0.2, 0.25) is 0 Å². The van der Waals surface area contributed by atoms with Gasteiger partial charge in [-0.3, -0.25) is 4.99 Å². The molecule has 0 spiro atoms. The lowest BCUT2D eigenvalue weighted by atomic mass is 10.1. The Morgan fingerprint density at radius 3 is 2.06 bits per heavy atom. The fourth-order valence-electron chi connectivity index (χ4n) is 3.29. The Morgan fingerprint density at radius 2 is 1.55 bits per heavy atom. The molecule has 33 heavy (non-hydrogen) atoms. The van der Waals surface area contributed by atoms with E-state index in [0.717, 1.165) is 11.1 Å². The van der Waals surface area contributed by atoms with E-state index in [2.05, 4.69) is 10.3 Å². The van der Waals surface area contributed by atoms with Crippen molar-refractivity contribution in [3.8, 4) is 23.0 Å². The van der Waals surface area contributed by atoms with Crippen LogP contribution in [0.1, 0.15) is 29.7 Å². The van der Waals surface area contributed by atoms with Crippen LogP contribution in [0.4, 0.5) is 0 Å². The first kappa shape index (κ1) is 28.6. The molecule has 0 bridgehead atoms. The Balaban J connectivity index is 0.00000544. The van der Waals surface area contributed by atoms with Gasteiger partial charge >= 0.3 is 0 Å². The van der Waals surface area contributed by atoms with Gasteiger partial charge in [0.25, 0.3) is 0 Å². The fourth-order valence-corrected chi connectivity index (χ4v) is 3.29. The molecule has 0 saturated heterocycles. The summed E-state index contributed by atoms with van der Waals surface area (Å²) >= 11 is 0. The molecule has 9 heteroatoms. The van der Waals surface area contributed by atoms with Crippen LogP contribution in [0, 0.1) is 6.92 Å². The van der Waals surface area contributed by atoms with Crippen LogP contribution in [-0.4, -0.2) is 64.5 Å². The van der Waals surface area contributed by atoms with Gasteiger partial charge in [-0.15, -0.1) is 24.0 Å². The highest BCUT2D eigenvalue weighted by atomic mass is 127. The lowest BCUT2D eigenvalue weighted by molar-refractivity contribution is 0.185. The SMILES string of the molecule is CCNC(=NCC(O)c1cc(OC)cc(OC)c1)N(C)Cc1cc(OC)c(OC)cc1C.I. The average molecular weight is 573 g/mol. The Morgan fingerprint density at radius 1 is 0.970 bits per heavy atom. The minimum absolute atomic E-state index is 0. The molecule has 0 aliphatic heterocycles. The predicted octanol–water partition coefficient (Wildman–Crippen LogP) is 3.78. The summed E-state index contributed by atoms with van der Waals surface area (Å²) in [6, 6.07) is 9.28. The van der Waals surface area contributed by atoms with Gasteiger partial charge in [-0.2, -0.15) is 0 Å². The molecule has 2 aromatic carbocycles. The van der Waals surface area contributed by atoms with E-state index in [1.807, 2.05) is 37.9 Å². The van der Waals surface area contributed by atoms with E-state index in [0.29, 0.717) is 47.6 Å². The summed E-state index contributed by atoms with van der Waals surface area (Å²) in [5.74, 6) is 3.32. The maximum absolute atomic E-state index is 10.7. The topological polar surface area (TPSA) is 84.8 Å². The smallest absolute Gasteiger partial charge is 0.194 e. The van der Waals surface area contributed by atoms with Gasteiger partial charge < -0.3 is 34.3 Å². The van der Waals surface area contributed by atoms with E-state index in [9.17, 15) is 5.11 Å². The Kier molecular flexibility index (Phi) is 12.1. The standard InChI is InChI=1S/C24H35N3O5.HI/c1-8-25-24(26-14-21(28)17-10-19(29-4)13-20(11-17)30-5)27(3)15-18-12-23(32-7)22(31-6)9-16(18)2;/h9-13,21,28H,8,14-15H2,1-7H3,(H,25,26);1H. The van der Waals surface area contributed by atoms with Crippen LogP contribution in [0.5, 0.6) is 23.0 Å². The van der Waals surface area contributed by atoms with E-state index in [4.69, 9.17) is 18.9 Å². The van der Waals surface area contributed by atoms with Crippen LogP contribution in [0.15, 0.2) is 35.3 Å². The van der Waals surface area contributed by atoms with Gasteiger partial charge in [0.15, 0.2) is 17.5 Å². The van der Waals surface area contributed by atoms with Gasteiger partial charge in [0.2, 0.25) is 0 Å². The lowest BCUT2D eigenvalue weighted by Crippen LogP contribution is -2.39. The Bertz CT molecular complexity index is 901. The van der Waals surface area contributed by atoms with Crippen molar-refractivity contribution in [3.63, 3.8) is 0 Å². The quantitative estimate of drug-likeness (QED) is 0.254. The fraction of sp³-hybridized carbons (Fsp3) is 0.458. The number of aliphatic imine (C=N–C) groups is 1. The summed E-state index contributed by atoms with van der Waals surface area (Å²) < 4.78 is 21.4. The Hall–Kier alpha value is -2.40. The molecular weight excluding hydrogens is 537 g/mol. The maximum atomic E-state index is 10.7. The van der Waals surface area contributed by atoms with Crippen LogP contribution in [0.25, 0.3) is 0 Å². The zero-order valence-electron chi connectivity index (χ0n) is 20.5. The third-order valence-electron chi connectivity index (χ3n) is 5.12. The van der Waals surface area contributed by atoms with Crippen molar-refractivity contribution in [1.82, 2.24) is 10.2 Å². The number of guanidine groups is 1. The van der Waals surface area contributed by atoms with E-state index in [-0.39, 0.29) is 30.5 Å². The van der Waals surface area contributed by atoms with Gasteiger partial charge in [0, 0.05) is 26.2 Å². The molecule has 184 valence electrons. The number of nitrogens with zero attached hydrogens (tertiary/aromatic N) is 2. The second-order valence-corrected chi connectivity index (χ2v) is 7.35. The first-order valence-corrected chi connectivity index (χ1v) is 10.5. The van der Waals surface area contributed by atoms with Gasteiger partial charge in [-0.1, -0.05) is 0 Å². The van der Waals surface area contributed by atoms with Crippen molar-refractivity contribution in [2.45, 2.75) is 26.5 Å². The summed E-state index contributed by atoms with van der Waals surface area (Å²) in [6.07, 6.45) is -0.802. The van der Waals surface area contributed by atoms with Crippen molar-refractivity contribution in [3.05, 3.63) is 47.0 Å². The molecule has 0 saturated carbocycles. The highest BCUT2D eigenvalue weighted by Gasteiger charge is 2.15. The van der Waals surface area contributed by atoms with Crippen LogP contribution in [-0.2, 0) is 6.54 Å². The zero-order chi connectivity index (χ0) is 23.7. The van der Waals surface area contributed by atoms with Crippen LogP contribution in [0.3, 0.4) is 0 Å². The molecule has 1 atom stereocenters. The highest BCUT2D eigenvalue weighted by Crippen LogP contribution is 2.31. The number of hydrogen-bond donors (Lipinski definition) is 2. The third-order valence-corrected chi connectivity index (χ3v) is 5.12. The summed E-state index contributed by atoms with van der Waals surface area (Å²) in [4.78, 5) is 6.66. The predicted molar refractivity (Wildman–Crippen MR) is 142 cm³/mol. The van der Waals surface area contributed by atoms with Gasteiger partial charge in [-0.25, -0.2) is 0 Å². The van der Waals surface area contributed by atoms with E-state index >= 15 is 0 Å². The molecule has 1 unspecified atom stereocenters. The minimum atomic E-state index is -0.802. The molecule has 2 N–H and O–H groups in total. The number of rotatable bonds is 10. The number of aliphatic hydroxyl groups is 1. The van der Waals surface area contributed by atoms with Crippen LogP contribution < -0.4 is 24.3 Å². The summed E-state index contributed by atoms with van der Waals surface area (Å²) in [5, 5.41) is 14.0. The number of benzene rings is 2. The second-order valence-electron chi connectivity index (χ2n) is 7.35. The number of aryl methyl sites for hydroxylation is 1. The molecule has 2 rings (SSSR count). The maximum Gasteiger partial charge on any atom is 0.194 e. The van der Waals surface area contributed by atoms with Crippen molar-refractivity contribution >= 4 is 29.9 Å². The van der Waals surface area contributed by atoms with Crippen molar-refractivity contribution in [2.75, 3.05) is 48.6 Å². The number of hydrogen-bond acceptors (Lipinski definition) is 6. The molecule has 0 aromatic heterocycles. The molecule has 0 radical (unpaired) electrons. The summed E-state index contributed by atoms with van der Waals surface area (Å²) in [5.41, 5.74) is 2.86. The number of ether oxygens (including phenoxy) is 4. The molecule has 0 heterocycles. The summed E-state index contributed by atoms with van der Waals surface area (Å²) in [6.45, 7) is 5.55. The molecule has 0 aliphatic carbocycles. The van der Waals surface area contributed by atoms with Gasteiger partial charge in [-0.05, 0) is 54.8 Å². The average Bonchev–Trinajstić information content (AvgIpc) is 2.81. The van der Waals surface area contributed by atoms with Crippen molar-refractivity contribution < 1.29 is 24.1 Å². The molecule has 2 aromatic rings. The monoisotopic (exact) mass is 573 g/mol. The molecule has 0 aliphatic rings.